The van der Waals surface area contributed by atoms with Gasteiger partial charge in [-0.25, -0.2) is 9.67 Å². The first-order valence-electron chi connectivity index (χ1n) is 3.23. The van der Waals surface area contributed by atoms with Crippen LogP contribution in [-0.4, -0.2) is 31.9 Å². The highest BCUT2D eigenvalue weighted by Gasteiger charge is 2.12. The van der Waals surface area contributed by atoms with E-state index in [1.54, 1.807) is 0 Å². The maximum Gasteiger partial charge on any atom is 0.322 e. The van der Waals surface area contributed by atoms with E-state index in [9.17, 15) is 4.79 Å². The normalized spacial score (nSPS) is 10.9. The summed E-state index contributed by atoms with van der Waals surface area (Å²) in [5, 5.41) is 12.1. The molecule has 0 aliphatic rings. The summed E-state index contributed by atoms with van der Waals surface area (Å²) in [5.41, 5.74) is 10.4. The van der Waals surface area contributed by atoms with Gasteiger partial charge in [-0.3, -0.25) is 4.79 Å². The van der Waals surface area contributed by atoms with E-state index < -0.39 is 12.0 Å². The van der Waals surface area contributed by atoms with Gasteiger partial charge in [0.2, 0.25) is 5.95 Å². The van der Waals surface area contributed by atoms with E-state index in [1.807, 2.05) is 0 Å². The molecule has 0 spiro atoms. The van der Waals surface area contributed by atoms with Crippen LogP contribution in [0.15, 0.2) is 6.33 Å². The molecule has 0 radical (unpaired) electrons. The van der Waals surface area contributed by atoms with Crippen molar-refractivity contribution in [3.05, 3.63) is 6.33 Å². The lowest BCUT2D eigenvalue weighted by atomic mass is 10.3. The third-order valence-corrected chi connectivity index (χ3v) is 1.26. The van der Waals surface area contributed by atoms with Gasteiger partial charge in [-0.1, -0.05) is 0 Å². The monoisotopic (exact) mass is 243 g/mol. The van der Waals surface area contributed by atoms with Gasteiger partial charge in [-0.2, -0.15) is 0 Å². The predicted octanol–water partition coefficient (Wildman–Crippen LogP) is -0.884. The van der Waals surface area contributed by atoms with Crippen molar-refractivity contribution in [3.8, 4) is 0 Å². The van der Waals surface area contributed by atoms with Crippen LogP contribution < -0.4 is 11.5 Å². The third kappa shape index (κ3) is 4.26. The molecule has 1 aromatic rings. The number of aromatic nitrogens is 3. The lowest BCUT2D eigenvalue weighted by Gasteiger charge is -2.04. The Morgan fingerprint density at radius 2 is 2.21 bits per heavy atom. The molecule has 0 saturated carbocycles. The molecule has 0 bridgehead atoms. The van der Waals surface area contributed by atoms with E-state index in [4.69, 9.17) is 16.6 Å². The second-order valence-corrected chi connectivity index (χ2v) is 2.27. The number of halogens is 2. The van der Waals surface area contributed by atoms with E-state index >= 15 is 0 Å². The first-order valence-corrected chi connectivity index (χ1v) is 3.23. The fourth-order valence-corrected chi connectivity index (χ4v) is 0.677. The first-order chi connectivity index (χ1) is 5.59. The van der Waals surface area contributed by atoms with Crippen molar-refractivity contribution in [2.24, 2.45) is 5.73 Å². The average Bonchev–Trinajstić information content (AvgIpc) is 2.35. The molecule has 0 fully saturated rings. The number of carboxylic acids is 1. The topological polar surface area (TPSA) is 120 Å². The van der Waals surface area contributed by atoms with Gasteiger partial charge in [0, 0.05) is 0 Å². The van der Waals surface area contributed by atoms with Gasteiger partial charge in [0.25, 0.3) is 0 Å². The minimum atomic E-state index is -1.08. The number of rotatable bonds is 3. The highest BCUT2D eigenvalue weighted by molar-refractivity contribution is 5.85. The Balaban J connectivity index is 0. The summed E-state index contributed by atoms with van der Waals surface area (Å²) in [6.45, 7) is 0.0690. The zero-order valence-electron chi connectivity index (χ0n) is 7.03. The molecule has 0 saturated heterocycles. The SMILES string of the molecule is Cl.Cl.Nc1ncn(CC(N)C(=O)O)n1. The number of nitrogens with two attached hydrogens (primary N) is 2. The van der Waals surface area contributed by atoms with Crippen molar-refractivity contribution >= 4 is 36.7 Å². The second kappa shape index (κ2) is 6.41. The smallest absolute Gasteiger partial charge is 0.322 e. The fourth-order valence-electron chi connectivity index (χ4n) is 0.677. The molecule has 1 atom stereocenters. The van der Waals surface area contributed by atoms with Crippen LogP contribution in [0.5, 0.6) is 0 Å². The Morgan fingerprint density at radius 1 is 1.64 bits per heavy atom. The molecule has 0 aliphatic carbocycles. The van der Waals surface area contributed by atoms with Crippen molar-refractivity contribution in [1.29, 1.82) is 0 Å². The lowest BCUT2D eigenvalue weighted by molar-refractivity contribution is -0.138. The molecule has 5 N–H and O–H groups in total. The summed E-state index contributed by atoms with van der Waals surface area (Å²) in [6, 6.07) is -0.980. The molecule has 0 amide bonds. The Bertz CT molecular complexity index is 291. The quantitative estimate of drug-likeness (QED) is 0.634. The van der Waals surface area contributed by atoms with Gasteiger partial charge in [-0.15, -0.1) is 29.9 Å². The number of nitrogen functional groups attached to an aromatic ring is 1. The van der Waals surface area contributed by atoms with Gasteiger partial charge in [0.1, 0.15) is 12.4 Å². The number of hydrogen-bond acceptors (Lipinski definition) is 5. The van der Waals surface area contributed by atoms with Crippen molar-refractivity contribution in [3.63, 3.8) is 0 Å². The molecule has 7 nitrogen and oxygen atoms in total. The molecule has 1 aromatic heterocycles. The number of hydrogen-bond donors (Lipinski definition) is 3. The van der Waals surface area contributed by atoms with Crippen LogP contribution in [0.2, 0.25) is 0 Å². The first kappa shape index (κ1) is 15.4. The molecule has 1 heterocycles. The van der Waals surface area contributed by atoms with Crippen LogP contribution in [-0.2, 0) is 11.3 Å². The molecule has 82 valence electrons. The summed E-state index contributed by atoms with van der Waals surface area (Å²) in [7, 11) is 0. The maximum absolute atomic E-state index is 10.3. The average molecular weight is 244 g/mol. The van der Waals surface area contributed by atoms with Crippen molar-refractivity contribution in [1.82, 2.24) is 14.8 Å². The van der Waals surface area contributed by atoms with E-state index in [-0.39, 0.29) is 37.3 Å². The Labute approximate surface area is 92.3 Å². The maximum atomic E-state index is 10.3. The van der Waals surface area contributed by atoms with Crippen molar-refractivity contribution < 1.29 is 9.90 Å². The summed E-state index contributed by atoms with van der Waals surface area (Å²) < 4.78 is 1.29. The number of carbonyl (C=O) groups is 1. The molecular formula is C5H11Cl2N5O2. The van der Waals surface area contributed by atoms with Gasteiger partial charge < -0.3 is 16.6 Å². The standard InChI is InChI=1S/C5H9N5O2.2ClH/c6-3(4(11)12)1-10-2-8-5(7)9-10;;/h2-3H,1,6H2,(H2,7,9)(H,11,12);2*1H. The molecular weight excluding hydrogens is 233 g/mol. The van der Waals surface area contributed by atoms with E-state index in [0.29, 0.717) is 0 Å². The van der Waals surface area contributed by atoms with E-state index in [0.717, 1.165) is 0 Å². The highest BCUT2D eigenvalue weighted by atomic mass is 35.5. The number of nitrogens with zero attached hydrogens (tertiary/aromatic N) is 3. The van der Waals surface area contributed by atoms with Crippen LogP contribution in [0.1, 0.15) is 0 Å². The van der Waals surface area contributed by atoms with E-state index in [1.165, 1.54) is 11.0 Å². The second-order valence-electron chi connectivity index (χ2n) is 2.27. The predicted molar refractivity (Wildman–Crippen MR) is 54.5 cm³/mol. The molecule has 9 heteroatoms. The van der Waals surface area contributed by atoms with Crippen LogP contribution in [0.3, 0.4) is 0 Å². The van der Waals surface area contributed by atoms with Crippen LogP contribution >= 0.6 is 24.8 Å². The van der Waals surface area contributed by atoms with Crippen molar-refractivity contribution in [2.75, 3.05) is 5.73 Å². The molecule has 1 rings (SSSR count). The van der Waals surface area contributed by atoms with Crippen LogP contribution in [0.25, 0.3) is 0 Å². The Kier molecular flexibility index (Phi) is 7.06. The van der Waals surface area contributed by atoms with Crippen LogP contribution in [0.4, 0.5) is 5.95 Å². The Morgan fingerprint density at radius 3 is 2.57 bits per heavy atom. The zero-order chi connectivity index (χ0) is 9.14. The highest BCUT2D eigenvalue weighted by Crippen LogP contribution is 1.91. The molecule has 0 aliphatic heterocycles. The van der Waals surface area contributed by atoms with Gasteiger partial charge in [0.05, 0.1) is 6.54 Å². The van der Waals surface area contributed by atoms with Crippen LogP contribution in [0, 0.1) is 0 Å². The summed E-state index contributed by atoms with van der Waals surface area (Å²) in [6.07, 6.45) is 1.33. The molecule has 14 heavy (non-hydrogen) atoms. The fraction of sp³-hybridized carbons (Fsp3) is 0.400. The lowest BCUT2D eigenvalue weighted by Crippen LogP contribution is -2.34. The third-order valence-electron chi connectivity index (χ3n) is 1.26. The summed E-state index contributed by atoms with van der Waals surface area (Å²) >= 11 is 0. The van der Waals surface area contributed by atoms with Crippen molar-refractivity contribution in [2.45, 2.75) is 12.6 Å². The number of carboxylic acid groups (broad SMARTS) is 1. The molecule has 0 aromatic carbocycles. The molecule has 1 unspecified atom stereocenters. The van der Waals surface area contributed by atoms with Gasteiger partial charge in [-0.05, 0) is 0 Å². The minimum Gasteiger partial charge on any atom is -0.480 e. The largest absolute Gasteiger partial charge is 0.480 e. The summed E-state index contributed by atoms with van der Waals surface area (Å²) in [4.78, 5) is 13.9. The Hall–Kier alpha value is -1.05. The summed E-state index contributed by atoms with van der Waals surface area (Å²) in [5.74, 6) is -0.975. The van der Waals surface area contributed by atoms with Gasteiger partial charge >= 0.3 is 5.97 Å². The number of anilines is 1. The van der Waals surface area contributed by atoms with E-state index in [2.05, 4.69) is 10.1 Å². The minimum absolute atomic E-state index is 0. The zero-order valence-corrected chi connectivity index (χ0v) is 8.66. The van der Waals surface area contributed by atoms with Gasteiger partial charge in [0.15, 0.2) is 0 Å². The number of aliphatic carboxylic acids is 1.